The van der Waals surface area contributed by atoms with E-state index in [1.54, 1.807) is 0 Å². The van der Waals surface area contributed by atoms with Crippen LogP contribution in [-0.2, 0) is 14.0 Å². The standard InChI is InChI=1S/C15H32O3Si/c1-8-9-10-11-13(12-14(16)17-5)18-19(6,7)15(2,3)4/h13H,8-12H2,1-7H3. The van der Waals surface area contributed by atoms with Gasteiger partial charge in [0, 0.05) is 0 Å². The molecule has 0 saturated carbocycles. The highest BCUT2D eigenvalue weighted by Crippen LogP contribution is 2.38. The Morgan fingerprint density at radius 1 is 1.21 bits per heavy atom. The fraction of sp³-hybridized carbons (Fsp3) is 0.933. The van der Waals surface area contributed by atoms with E-state index in [1.807, 2.05) is 0 Å². The zero-order chi connectivity index (χ0) is 15.1. The van der Waals surface area contributed by atoms with Gasteiger partial charge in [-0.1, -0.05) is 47.0 Å². The first-order valence-corrected chi connectivity index (χ1v) is 10.3. The molecule has 3 nitrogen and oxygen atoms in total. The lowest BCUT2D eigenvalue weighted by atomic mass is 10.1. The zero-order valence-corrected chi connectivity index (χ0v) is 14.8. The highest BCUT2D eigenvalue weighted by molar-refractivity contribution is 6.74. The van der Waals surface area contributed by atoms with Crippen molar-refractivity contribution in [3.63, 3.8) is 0 Å². The van der Waals surface area contributed by atoms with Gasteiger partial charge in [-0.05, 0) is 24.6 Å². The van der Waals surface area contributed by atoms with E-state index in [0.29, 0.717) is 6.42 Å². The van der Waals surface area contributed by atoms with Crippen molar-refractivity contribution in [1.82, 2.24) is 0 Å². The second-order valence-electron chi connectivity index (χ2n) is 6.78. The fourth-order valence-corrected chi connectivity index (χ4v) is 3.08. The maximum atomic E-state index is 11.5. The SMILES string of the molecule is CCCCCC(CC(=O)OC)O[Si](C)(C)C(C)(C)C. The largest absolute Gasteiger partial charge is 0.469 e. The Kier molecular flexibility index (Phi) is 7.90. The minimum atomic E-state index is -1.82. The van der Waals surface area contributed by atoms with Crippen molar-refractivity contribution < 1.29 is 14.0 Å². The first kappa shape index (κ1) is 18.6. The predicted octanol–water partition coefficient (Wildman–Crippen LogP) is 4.52. The van der Waals surface area contributed by atoms with Crippen LogP contribution in [0.5, 0.6) is 0 Å². The number of rotatable bonds is 8. The average molecular weight is 289 g/mol. The van der Waals surface area contributed by atoms with Gasteiger partial charge in [-0.3, -0.25) is 4.79 Å². The van der Waals surface area contributed by atoms with Crippen LogP contribution in [0, 0.1) is 0 Å². The lowest BCUT2D eigenvalue weighted by Crippen LogP contribution is -2.44. The Morgan fingerprint density at radius 3 is 2.21 bits per heavy atom. The minimum Gasteiger partial charge on any atom is -0.469 e. The van der Waals surface area contributed by atoms with Crippen LogP contribution in [0.1, 0.15) is 59.8 Å². The molecule has 0 aromatic heterocycles. The summed E-state index contributed by atoms with van der Waals surface area (Å²) in [5, 5.41) is 0.173. The first-order valence-electron chi connectivity index (χ1n) is 7.38. The molecule has 0 radical (unpaired) electrons. The molecule has 1 atom stereocenters. The highest BCUT2D eigenvalue weighted by Gasteiger charge is 2.39. The smallest absolute Gasteiger partial charge is 0.308 e. The van der Waals surface area contributed by atoms with Crippen LogP contribution in [0.4, 0.5) is 0 Å². The van der Waals surface area contributed by atoms with E-state index in [0.717, 1.165) is 12.8 Å². The van der Waals surface area contributed by atoms with Crippen LogP contribution in [0.25, 0.3) is 0 Å². The van der Waals surface area contributed by atoms with Crippen LogP contribution in [0.3, 0.4) is 0 Å². The molecule has 114 valence electrons. The second kappa shape index (κ2) is 8.05. The fourth-order valence-electron chi connectivity index (χ4n) is 1.69. The third-order valence-electron chi connectivity index (χ3n) is 4.02. The second-order valence-corrected chi connectivity index (χ2v) is 11.5. The van der Waals surface area contributed by atoms with Gasteiger partial charge in [0.2, 0.25) is 0 Å². The van der Waals surface area contributed by atoms with Crippen molar-refractivity contribution in [2.75, 3.05) is 7.11 Å². The van der Waals surface area contributed by atoms with Gasteiger partial charge in [0.25, 0.3) is 0 Å². The molecule has 0 aromatic carbocycles. The number of hydrogen-bond acceptors (Lipinski definition) is 3. The van der Waals surface area contributed by atoms with Crippen LogP contribution < -0.4 is 0 Å². The molecule has 0 aromatic rings. The number of hydrogen-bond donors (Lipinski definition) is 0. The third-order valence-corrected chi connectivity index (χ3v) is 8.55. The average Bonchev–Trinajstić information content (AvgIpc) is 2.27. The van der Waals surface area contributed by atoms with Crippen molar-refractivity contribution in [3.8, 4) is 0 Å². The molecule has 0 spiro atoms. The molecule has 0 heterocycles. The van der Waals surface area contributed by atoms with E-state index >= 15 is 0 Å². The highest BCUT2D eigenvalue weighted by atomic mass is 28.4. The van der Waals surface area contributed by atoms with Gasteiger partial charge >= 0.3 is 5.97 Å². The van der Waals surface area contributed by atoms with Gasteiger partial charge in [-0.15, -0.1) is 0 Å². The Balaban J connectivity index is 4.60. The van der Waals surface area contributed by atoms with Gasteiger partial charge in [0.15, 0.2) is 8.32 Å². The molecular weight excluding hydrogens is 256 g/mol. The van der Waals surface area contributed by atoms with Crippen molar-refractivity contribution in [3.05, 3.63) is 0 Å². The van der Waals surface area contributed by atoms with E-state index in [-0.39, 0.29) is 17.1 Å². The van der Waals surface area contributed by atoms with Gasteiger partial charge in [0.05, 0.1) is 19.6 Å². The zero-order valence-electron chi connectivity index (χ0n) is 13.8. The van der Waals surface area contributed by atoms with Crippen molar-refractivity contribution in [2.45, 2.75) is 84.0 Å². The van der Waals surface area contributed by atoms with E-state index in [9.17, 15) is 4.79 Å². The summed E-state index contributed by atoms with van der Waals surface area (Å²) in [6.07, 6.45) is 4.85. The van der Waals surface area contributed by atoms with Gasteiger partial charge in [-0.25, -0.2) is 0 Å². The minimum absolute atomic E-state index is 0.0138. The Labute approximate surface area is 120 Å². The molecule has 1 unspecified atom stereocenters. The summed E-state index contributed by atoms with van der Waals surface area (Å²) in [6.45, 7) is 13.3. The summed E-state index contributed by atoms with van der Waals surface area (Å²) in [5.41, 5.74) is 0. The molecule has 0 fully saturated rings. The summed E-state index contributed by atoms with van der Waals surface area (Å²) in [7, 11) is -0.373. The van der Waals surface area contributed by atoms with Crippen LogP contribution in [-0.4, -0.2) is 27.5 Å². The summed E-state index contributed by atoms with van der Waals surface area (Å²) in [6, 6.07) is 0. The lowest BCUT2D eigenvalue weighted by molar-refractivity contribution is -0.142. The summed E-state index contributed by atoms with van der Waals surface area (Å²) >= 11 is 0. The first-order chi connectivity index (χ1) is 8.64. The summed E-state index contributed by atoms with van der Waals surface area (Å²) in [4.78, 5) is 11.5. The number of methoxy groups -OCH3 is 1. The van der Waals surface area contributed by atoms with Crippen molar-refractivity contribution in [2.24, 2.45) is 0 Å². The van der Waals surface area contributed by atoms with Crippen LogP contribution in [0.15, 0.2) is 0 Å². The van der Waals surface area contributed by atoms with Crippen LogP contribution >= 0.6 is 0 Å². The molecule has 19 heavy (non-hydrogen) atoms. The topological polar surface area (TPSA) is 35.5 Å². The number of carbonyl (C=O) groups is 1. The Hall–Kier alpha value is -0.353. The molecule has 0 saturated heterocycles. The van der Waals surface area contributed by atoms with Gasteiger partial charge in [-0.2, -0.15) is 0 Å². The quantitative estimate of drug-likeness (QED) is 0.374. The molecule has 0 bridgehead atoms. The molecule has 0 aliphatic rings. The molecule has 0 aliphatic carbocycles. The number of unbranched alkanes of at least 4 members (excludes halogenated alkanes) is 2. The van der Waals surface area contributed by atoms with E-state index in [2.05, 4.69) is 40.8 Å². The molecule has 0 rings (SSSR count). The van der Waals surface area contributed by atoms with Gasteiger partial charge < -0.3 is 9.16 Å². The third kappa shape index (κ3) is 7.11. The Bertz CT molecular complexity index is 269. The summed E-state index contributed by atoms with van der Waals surface area (Å²) in [5.74, 6) is -0.166. The van der Waals surface area contributed by atoms with Crippen LogP contribution in [0.2, 0.25) is 18.1 Å². The predicted molar refractivity (Wildman–Crippen MR) is 82.8 cm³/mol. The molecular formula is C15H32O3Si. The molecule has 0 amide bonds. The molecule has 0 aliphatic heterocycles. The van der Waals surface area contributed by atoms with E-state index in [4.69, 9.17) is 9.16 Å². The van der Waals surface area contributed by atoms with Gasteiger partial charge in [0.1, 0.15) is 0 Å². The monoisotopic (exact) mass is 288 g/mol. The molecule has 0 N–H and O–H groups in total. The van der Waals surface area contributed by atoms with Crippen molar-refractivity contribution >= 4 is 14.3 Å². The normalized spacial score (nSPS) is 14.3. The van der Waals surface area contributed by atoms with Crippen molar-refractivity contribution in [1.29, 1.82) is 0 Å². The maximum absolute atomic E-state index is 11.5. The van der Waals surface area contributed by atoms with E-state index < -0.39 is 8.32 Å². The summed E-state index contributed by atoms with van der Waals surface area (Å²) < 4.78 is 11.1. The Morgan fingerprint density at radius 2 is 1.79 bits per heavy atom. The molecule has 4 heteroatoms. The van der Waals surface area contributed by atoms with E-state index in [1.165, 1.54) is 20.0 Å². The number of ether oxygens (including phenoxy) is 1. The number of carbonyl (C=O) groups excluding carboxylic acids is 1. The maximum Gasteiger partial charge on any atom is 0.308 e. The number of esters is 1. The lowest BCUT2D eigenvalue weighted by Gasteiger charge is -2.39.